The summed E-state index contributed by atoms with van der Waals surface area (Å²) in [6.07, 6.45) is 1.68. The number of hydrogen-bond acceptors (Lipinski definition) is 4. The summed E-state index contributed by atoms with van der Waals surface area (Å²) >= 11 is 3.29. The molecule has 1 fully saturated rings. The second kappa shape index (κ2) is 6.12. The Balaban J connectivity index is 2.08. The van der Waals surface area contributed by atoms with Gasteiger partial charge in [-0.05, 0) is 25.0 Å². The number of amides is 1. The fourth-order valence-electron chi connectivity index (χ4n) is 2.07. The first-order chi connectivity index (χ1) is 9.08. The maximum absolute atomic E-state index is 11.6. The van der Waals surface area contributed by atoms with Crippen molar-refractivity contribution in [3.63, 3.8) is 0 Å². The number of piperidine rings is 1. The van der Waals surface area contributed by atoms with Gasteiger partial charge in [-0.25, -0.2) is 0 Å². The minimum absolute atomic E-state index is 0.0381. The number of nitro benzene ring substituents is 1. The van der Waals surface area contributed by atoms with Crippen LogP contribution in [0.2, 0.25) is 0 Å². The molecule has 102 valence electrons. The van der Waals surface area contributed by atoms with Crippen LogP contribution in [0.1, 0.15) is 18.4 Å². The smallest absolute Gasteiger partial charge is 0.273 e. The van der Waals surface area contributed by atoms with Crippen molar-refractivity contribution in [2.45, 2.75) is 25.4 Å². The van der Waals surface area contributed by atoms with E-state index in [1.165, 1.54) is 6.07 Å². The highest BCUT2D eigenvalue weighted by atomic mass is 79.9. The van der Waals surface area contributed by atoms with Crippen LogP contribution in [-0.4, -0.2) is 23.4 Å². The summed E-state index contributed by atoms with van der Waals surface area (Å²) in [4.78, 5) is 22.1. The van der Waals surface area contributed by atoms with Gasteiger partial charge in [-0.15, -0.1) is 0 Å². The Hall–Kier alpha value is -1.47. The zero-order valence-corrected chi connectivity index (χ0v) is 11.8. The summed E-state index contributed by atoms with van der Waals surface area (Å²) in [6.45, 7) is 1.00. The number of rotatable bonds is 4. The standard InChI is InChI=1S/C12H14BrN3O3/c13-9-3-4-11(16(18)19)8(6-9)7-15-10-2-1-5-14-12(10)17/h3-4,6,10,15H,1-2,5,7H2,(H,14,17). The molecule has 0 aliphatic carbocycles. The lowest BCUT2D eigenvalue weighted by Gasteiger charge is -2.22. The Morgan fingerprint density at radius 2 is 2.32 bits per heavy atom. The van der Waals surface area contributed by atoms with Crippen molar-refractivity contribution < 1.29 is 9.72 Å². The molecule has 1 saturated heterocycles. The molecule has 1 heterocycles. The van der Waals surface area contributed by atoms with E-state index in [4.69, 9.17) is 0 Å². The van der Waals surface area contributed by atoms with Gasteiger partial charge in [0.15, 0.2) is 0 Å². The van der Waals surface area contributed by atoms with E-state index in [0.717, 1.165) is 17.3 Å². The Morgan fingerprint density at radius 3 is 3.00 bits per heavy atom. The maximum Gasteiger partial charge on any atom is 0.273 e. The van der Waals surface area contributed by atoms with Crippen molar-refractivity contribution in [2.75, 3.05) is 6.54 Å². The SMILES string of the molecule is O=C1NCCCC1NCc1cc(Br)ccc1[N+](=O)[O-]. The average Bonchev–Trinajstić information content (AvgIpc) is 2.37. The van der Waals surface area contributed by atoms with Gasteiger partial charge >= 0.3 is 0 Å². The van der Waals surface area contributed by atoms with E-state index in [0.29, 0.717) is 18.7 Å². The van der Waals surface area contributed by atoms with E-state index in [-0.39, 0.29) is 17.6 Å². The summed E-state index contributed by atoms with van der Waals surface area (Å²) in [5.41, 5.74) is 0.629. The lowest BCUT2D eigenvalue weighted by atomic mass is 10.1. The zero-order valence-electron chi connectivity index (χ0n) is 10.2. The molecule has 6 nitrogen and oxygen atoms in total. The normalized spacial score (nSPS) is 19.0. The predicted molar refractivity (Wildman–Crippen MR) is 73.7 cm³/mol. The fourth-order valence-corrected chi connectivity index (χ4v) is 2.48. The molecule has 0 saturated carbocycles. The van der Waals surface area contributed by atoms with Gasteiger partial charge < -0.3 is 10.6 Å². The number of nitro groups is 1. The number of nitrogens with one attached hydrogen (secondary N) is 2. The number of benzene rings is 1. The molecule has 0 radical (unpaired) electrons. The molecule has 1 amide bonds. The van der Waals surface area contributed by atoms with Crippen molar-refractivity contribution >= 4 is 27.5 Å². The molecule has 1 atom stereocenters. The van der Waals surface area contributed by atoms with Gasteiger partial charge in [-0.3, -0.25) is 14.9 Å². The highest BCUT2D eigenvalue weighted by Crippen LogP contribution is 2.23. The molecule has 1 aliphatic rings. The van der Waals surface area contributed by atoms with Gasteiger partial charge in [0.1, 0.15) is 0 Å². The Kier molecular flexibility index (Phi) is 4.49. The van der Waals surface area contributed by atoms with E-state index in [9.17, 15) is 14.9 Å². The minimum Gasteiger partial charge on any atom is -0.355 e. The van der Waals surface area contributed by atoms with Gasteiger partial charge in [-0.2, -0.15) is 0 Å². The van der Waals surface area contributed by atoms with Crippen molar-refractivity contribution in [3.05, 3.63) is 38.3 Å². The van der Waals surface area contributed by atoms with Gasteiger partial charge in [0, 0.05) is 29.2 Å². The summed E-state index contributed by atoms with van der Waals surface area (Å²) < 4.78 is 0.781. The molecule has 2 rings (SSSR count). The first-order valence-electron chi connectivity index (χ1n) is 6.02. The number of nitrogens with zero attached hydrogens (tertiary/aromatic N) is 1. The van der Waals surface area contributed by atoms with Gasteiger partial charge in [0.2, 0.25) is 5.91 Å². The lowest BCUT2D eigenvalue weighted by molar-refractivity contribution is -0.385. The summed E-state index contributed by atoms with van der Waals surface area (Å²) in [5.74, 6) is -0.0381. The van der Waals surface area contributed by atoms with Crippen LogP contribution in [0.5, 0.6) is 0 Å². The monoisotopic (exact) mass is 327 g/mol. The minimum atomic E-state index is -0.412. The van der Waals surface area contributed by atoms with Crippen LogP contribution in [0.3, 0.4) is 0 Å². The molecule has 0 spiro atoms. The number of hydrogen-bond donors (Lipinski definition) is 2. The van der Waals surface area contributed by atoms with E-state index >= 15 is 0 Å². The Bertz CT molecular complexity index is 507. The highest BCUT2D eigenvalue weighted by Gasteiger charge is 2.22. The van der Waals surface area contributed by atoms with Crippen molar-refractivity contribution in [1.82, 2.24) is 10.6 Å². The summed E-state index contributed by atoms with van der Waals surface area (Å²) in [6, 6.07) is 4.52. The second-order valence-electron chi connectivity index (χ2n) is 4.40. The second-order valence-corrected chi connectivity index (χ2v) is 5.31. The quantitative estimate of drug-likeness (QED) is 0.651. The summed E-state index contributed by atoms with van der Waals surface area (Å²) in [7, 11) is 0. The molecular weight excluding hydrogens is 314 g/mol. The van der Waals surface area contributed by atoms with Gasteiger partial charge in [0.25, 0.3) is 5.69 Å². The third-order valence-corrected chi connectivity index (χ3v) is 3.56. The van der Waals surface area contributed by atoms with Crippen LogP contribution < -0.4 is 10.6 Å². The van der Waals surface area contributed by atoms with E-state index in [1.807, 2.05) is 0 Å². The predicted octanol–water partition coefficient (Wildman–Crippen LogP) is 1.73. The molecule has 0 aromatic heterocycles. The molecular formula is C12H14BrN3O3. The first-order valence-corrected chi connectivity index (χ1v) is 6.81. The van der Waals surface area contributed by atoms with Crippen LogP contribution in [0.4, 0.5) is 5.69 Å². The van der Waals surface area contributed by atoms with Crippen molar-refractivity contribution in [2.24, 2.45) is 0 Å². The van der Waals surface area contributed by atoms with E-state index < -0.39 is 4.92 Å². The largest absolute Gasteiger partial charge is 0.355 e. The van der Waals surface area contributed by atoms with Crippen LogP contribution >= 0.6 is 15.9 Å². The van der Waals surface area contributed by atoms with Gasteiger partial charge in [0.05, 0.1) is 11.0 Å². The number of carbonyl (C=O) groups excluding carboxylic acids is 1. The molecule has 1 aliphatic heterocycles. The lowest BCUT2D eigenvalue weighted by Crippen LogP contribution is -2.47. The van der Waals surface area contributed by atoms with Crippen LogP contribution in [-0.2, 0) is 11.3 Å². The molecule has 1 aromatic carbocycles. The van der Waals surface area contributed by atoms with Crippen LogP contribution in [0.25, 0.3) is 0 Å². The van der Waals surface area contributed by atoms with Gasteiger partial charge in [-0.1, -0.05) is 15.9 Å². The molecule has 1 aromatic rings. The van der Waals surface area contributed by atoms with Crippen molar-refractivity contribution in [1.29, 1.82) is 0 Å². The number of carbonyl (C=O) groups is 1. The molecule has 19 heavy (non-hydrogen) atoms. The highest BCUT2D eigenvalue weighted by molar-refractivity contribution is 9.10. The molecule has 7 heteroatoms. The Morgan fingerprint density at radius 1 is 1.53 bits per heavy atom. The topological polar surface area (TPSA) is 84.3 Å². The third kappa shape index (κ3) is 3.51. The molecule has 0 bridgehead atoms. The van der Waals surface area contributed by atoms with Crippen molar-refractivity contribution in [3.8, 4) is 0 Å². The van der Waals surface area contributed by atoms with Crippen LogP contribution in [0.15, 0.2) is 22.7 Å². The fraction of sp³-hybridized carbons (Fsp3) is 0.417. The molecule has 2 N–H and O–H groups in total. The first kappa shape index (κ1) is 14.0. The third-order valence-electron chi connectivity index (χ3n) is 3.06. The maximum atomic E-state index is 11.6. The summed E-state index contributed by atoms with van der Waals surface area (Å²) in [5, 5.41) is 16.8. The average molecular weight is 328 g/mol. The van der Waals surface area contributed by atoms with Crippen LogP contribution in [0, 0.1) is 10.1 Å². The Labute approximate surface area is 118 Å². The molecule has 1 unspecified atom stereocenters. The zero-order chi connectivity index (χ0) is 13.8. The number of halogens is 1. The van der Waals surface area contributed by atoms with E-state index in [1.54, 1.807) is 12.1 Å². The van der Waals surface area contributed by atoms with E-state index in [2.05, 4.69) is 26.6 Å².